The Hall–Kier alpha value is -2.57. The maximum Gasteiger partial charge on any atom is 0.259 e. The Kier molecular flexibility index (Phi) is 4.76. The monoisotopic (exact) mass is 438 g/mol. The predicted molar refractivity (Wildman–Crippen MR) is 114 cm³/mol. The number of nitrogens with one attached hydrogen (secondary N) is 1. The van der Waals surface area contributed by atoms with E-state index >= 15 is 0 Å². The van der Waals surface area contributed by atoms with Gasteiger partial charge in [-0.05, 0) is 23.8 Å². The highest BCUT2D eigenvalue weighted by Crippen LogP contribution is 2.27. The van der Waals surface area contributed by atoms with E-state index in [4.69, 9.17) is 12.2 Å². The standard InChI is InChI=1S/C21H15BrN2O2S/c22-17-7-3-1-5-13(17)11-24-12-14(15-6-2-4-8-18(15)24)9-16-19(25)10-20(27)23-21(16)26/h1-9,12H,10-11H2,(H,23,26,27)/b16-9-. The van der Waals surface area contributed by atoms with E-state index < -0.39 is 5.91 Å². The Bertz CT molecular complexity index is 1110. The van der Waals surface area contributed by atoms with Gasteiger partial charge >= 0.3 is 0 Å². The highest BCUT2D eigenvalue weighted by atomic mass is 79.9. The van der Waals surface area contributed by atoms with Gasteiger partial charge in [-0.25, -0.2) is 0 Å². The molecule has 3 aromatic rings. The lowest BCUT2D eigenvalue weighted by molar-refractivity contribution is -0.122. The fourth-order valence-electron chi connectivity index (χ4n) is 3.24. The van der Waals surface area contributed by atoms with E-state index in [-0.39, 0.29) is 22.8 Å². The summed E-state index contributed by atoms with van der Waals surface area (Å²) in [6.45, 7) is 0.676. The minimum absolute atomic E-state index is 0.0719. The summed E-state index contributed by atoms with van der Waals surface area (Å²) in [5, 5.41) is 3.56. The van der Waals surface area contributed by atoms with Crippen molar-refractivity contribution in [3.05, 3.63) is 75.9 Å². The molecule has 0 radical (unpaired) electrons. The van der Waals surface area contributed by atoms with Crippen molar-refractivity contribution in [1.29, 1.82) is 0 Å². The Morgan fingerprint density at radius 2 is 1.85 bits per heavy atom. The summed E-state index contributed by atoms with van der Waals surface area (Å²) >= 11 is 8.55. The number of benzene rings is 2. The third-order valence-electron chi connectivity index (χ3n) is 4.54. The van der Waals surface area contributed by atoms with Crippen LogP contribution < -0.4 is 5.32 Å². The number of carbonyl (C=O) groups is 2. The fraction of sp³-hybridized carbons (Fsp3) is 0.0952. The van der Waals surface area contributed by atoms with Gasteiger partial charge in [-0.15, -0.1) is 0 Å². The first-order valence-electron chi connectivity index (χ1n) is 8.43. The van der Waals surface area contributed by atoms with Crippen molar-refractivity contribution >= 4 is 61.8 Å². The number of hydrogen-bond acceptors (Lipinski definition) is 3. The molecule has 1 amide bonds. The lowest BCUT2D eigenvalue weighted by atomic mass is 10.0. The quantitative estimate of drug-likeness (QED) is 0.377. The van der Waals surface area contributed by atoms with Crippen LogP contribution in [-0.4, -0.2) is 21.2 Å². The van der Waals surface area contributed by atoms with Gasteiger partial charge in [-0.1, -0.05) is 64.5 Å². The molecule has 0 bridgehead atoms. The second-order valence-corrected chi connectivity index (χ2v) is 7.70. The molecule has 1 aliphatic heterocycles. The van der Waals surface area contributed by atoms with Crippen molar-refractivity contribution < 1.29 is 9.59 Å². The zero-order valence-electron chi connectivity index (χ0n) is 14.2. The van der Waals surface area contributed by atoms with E-state index in [2.05, 4.69) is 31.9 Å². The number of carbonyl (C=O) groups excluding carboxylic acids is 2. The number of Topliss-reactive ketones (excluding diaryl/α,β-unsaturated/α-hetero) is 1. The molecule has 1 fully saturated rings. The maximum atomic E-state index is 12.3. The molecule has 1 N–H and O–H groups in total. The zero-order chi connectivity index (χ0) is 19.0. The summed E-state index contributed by atoms with van der Waals surface area (Å²) in [6.07, 6.45) is 3.71. The van der Waals surface area contributed by atoms with Gasteiger partial charge in [0.05, 0.1) is 17.0 Å². The first-order valence-corrected chi connectivity index (χ1v) is 9.63. The number of amides is 1. The summed E-state index contributed by atoms with van der Waals surface area (Å²) in [6, 6.07) is 16.0. The number of aromatic nitrogens is 1. The van der Waals surface area contributed by atoms with Crippen LogP contribution in [0.5, 0.6) is 0 Å². The molecule has 0 spiro atoms. The first-order chi connectivity index (χ1) is 13.0. The van der Waals surface area contributed by atoms with Gasteiger partial charge in [0, 0.05) is 33.7 Å². The highest BCUT2D eigenvalue weighted by molar-refractivity contribution is 9.10. The first kappa shape index (κ1) is 17.8. The van der Waals surface area contributed by atoms with Crippen LogP contribution in [0.25, 0.3) is 17.0 Å². The van der Waals surface area contributed by atoms with Crippen LogP contribution in [0, 0.1) is 0 Å². The molecule has 2 heterocycles. The number of fused-ring (bicyclic) bond motifs is 1. The van der Waals surface area contributed by atoms with E-state index in [1.54, 1.807) is 6.08 Å². The second-order valence-electron chi connectivity index (χ2n) is 6.36. The van der Waals surface area contributed by atoms with Crippen LogP contribution in [0.3, 0.4) is 0 Å². The minimum atomic E-state index is -0.432. The SMILES string of the molecule is O=C1CC(=S)NC(=O)/C1=C\c1cn(Cc2ccccc2Br)c2ccccc12. The largest absolute Gasteiger partial charge is 0.342 e. The van der Waals surface area contributed by atoms with E-state index in [0.717, 1.165) is 26.5 Å². The summed E-state index contributed by atoms with van der Waals surface area (Å²) in [5.74, 6) is -0.676. The highest BCUT2D eigenvalue weighted by Gasteiger charge is 2.26. The zero-order valence-corrected chi connectivity index (χ0v) is 16.6. The molecule has 4 rings (SSSR count). The molecule has 6 heteroatoms. The molecule has 2 aromatic carbocycles. The van der Waals surface area contributed by atoms with Gasteiger partial charge in [0.2, 0.25) is 0 Å². The Labute approximate surface area is 170 Å². The summed E-state index contributed by atoms with van der Waals surface area (Å²) in [7, 11) is 0. The Morgan fingerprint density at radius 1 is 1.11 bits per heavy atom. The number of rotatable bonds is 3. The molecule has 27 heavy (non-hydrogen) atoms. The van der Waals surface area contributed by atoms with Gasteiger partial charge in [-0.3, -0.25) is 9.59 Å². The summed E-state index contributed by atoms with van der Waals surface area (Å²) in [5.41, 5.74) is 3.17. The van der Waals surface area contributed by atoms with Crippen LogP contribution in [-0.2, 0) is 16.1 Å². The summed E-state index contributed by atoms with van der Waals surface area (Å²) in [4.78, 5) is 24.7. The van der Waals surface area contributed by atoms with E-state index in [0.29, 0.717) is 6.54 Å². The second kappa shape index (κ2) is 7.21. The number of halogens is 1. The maximum absolute atomic E-state index is 12.3. The van der Waals surface area contributed by atoms with Gasteiger partial charge in [0.1, 0.15) is 0 Å². The average Bonchev–Trinajstić information content (AvgIpc) is 2.98. The van der Waals surface area contributed by atoms with Crippen molar-refractivity contribution in [2.45, 2.75) is 13.0 Å². The van der Waals surface area contributed by atoms with Crippen LogP contribution >= 0.6 is 28.1 Å². The molecular formula is C21H15BrN2O2S. The predicted octanol–water partition coefficient (Wildman–Crippen LogP) is 4.25. The Balaban J connectivity index is 1.80. The fourth-order valence-corrected chi connectivity index (χ4v) is 3.87. The van der Waals surface area contributed by atoms with Gasteiger partial charge < -0.3 is 9.88 Å². The average molecular weight is 439 g/mol. The number of ketones is 1. The van der Waals surface area contributed by atoms with E-state index in [1.807, 2.05) is 48.7 Å². The molecule has 4 nitrogen and oxygen atoms in total. The smallest absolute Gasteiger partial charge is 0.259 e. The molecule has 134 valence electrons. The third kappa shape index (κ3) is 3.50. The number of hydrogen-bond donors (Lipinski definition) is 1. The number of piperidine rings is 1. The normalized spacial score (nSPS) is 16.2. The van der Waals surface area contributed by atoms with Crippen molar-refractivity contribution in [3.8, 4) is 0 Å². The molecule has 0 aliphatic carbocycles. The molecule has 0 unspecified atom stereocenters. The molecule has 1 saturated heterocycles. The molecule has 0 saturated carbocycles. The number of para-hydroxylation sites is 1. The third-order valence-corrected chi connectivity index (χ3v) is 5.56. The van der Waals surface area contributed by atoms with Crippen LogP contribution in [0.2, 0.25) is 0 Å². The van der Waals surface area contributed by atoms with Crippen molar-refractivity contribution in [1.82, 2.24) is 9.88 Å². The number of thiocarbonyl (C=S) groups is 1. The minimum Gasteiger partial charge on any atom is -0.342 e. The van der Waals surface area contributed by atoms with Gasteiger partial charge in [-0.2, -0.15) is 0 Å². The van der Waals surface area contributed by atoms with Gasteiger partial charge in [0.15, 0.2) is 5.78 Å². The Morgan fingerprint density at radius 3 is 2.63 bits per heavy atom. The van der Waals surface area contributed by atoms with Gasteiger partial charge in [0.25, 0.3) is 5.91 Å². The molecule has 1 aliphatic rings. The van der Waals surface area contributed by atoms with Crippen LogP contribution in [0.1, 0.15) is 17.5 Å². The molecule has 1 aromatic heterocycles. The van der Waals surface area contributed by atoms with Crippen molar-refractivity contribution in [2.24, 2.45) is 0 Å². The van der Waals surface area contributed by atoms with Crippen molar-refractivity contribution in [2.75, 3.05) is 0 Å². The van der Waals surface area contributed by atoms with Crippen LogP contribution in [0.4, 0.5) is 0 Å². The number of nitrogens with zero attached hydrogens (tertiary/aromatic N) is 1. The topological polar surface area (TPSA) is 51.1 Å². The van der Waals surface area contributed by atoms with Crippen molar-refractivity contribution in [3.63, 3.8) is 0 Å². The lowest BCUT2D eigenvalue weighted by Gasteiger charge is -2.14. The lowest BCUT2D eigenvalue weighted by Crippen LogP contribution is -2.39. The molecule has 0 atom stereocenters. The summed E-state index contributed by atoms with van der Waals surface area (Å²) < 4.78 is 3.16. The van der Waals surface area contributed by atoms with E-state index in [9.17, 15) is 9.59 Å². The van der Waals surface area contributed by atoms with Crippen LogP contribution in [0.15, 0.2) is 64.8 Å². The molecular weight excluding hydrogens is 424 g/mol. The van der Waals surface area contributed by atoms with E-state index in [1.165, 1.54) is 0 Å².